The molecule has 0 spiro atoms. The smallest absolute Gasteiger partial charge is 0.497 e. The number of hydrogen-bond acceptors (Lipinski definition) is 4. The summed E-state index contributed by atoms with van der Waals surface area (Å²) in [7, 11) is 0. The summed E-state index contributed by atoms with van der Waals surface area (Å²) in [5, 5.41) is 4.98. The average Bonchev–Trinajstić information content (AvgIpc) is 3.33. The van der Waals surface area contributed by atoms with Crippen LogP contribution in [0.25, 0.3) is 53.5 Å². The van der Waals surface area contributed by atoms with Crippen molar-refractivity contribution in [2.45, 2.75) is 0 Å². The van der Waals surface area contributed by atoms with E-state index in [1.807, 2.05) is 60.8 Å². The fourth-order valence-electron chi connectivity index (χ4n) is 4.57. The summed E-state index contributed by atoms with van der Waals surface area (Å²) in [6.45, 7) is 0. The molecule has 4 aromatic carbocycles. The first-order chi connectivity index (χ1) is 17.8. The normalized spacial score (nSPS) is 11.0. The molecule has 3 heterocycles. The second kappa shape index (κ2) is 9.89. The van der Waals surface area contributed by atoms with Gasteiger partial charge in [0.2, 0.25) is 0 Å². The van der Waals surface area contributed by atoms with Gasteiger partial charge in [0.05, 0.1) is 0 Å². The SMILES string of the molecule is [Pt+2].[c-]1c(Oc2[c-]c(-c3nccc4c3sc3c5ccccc5ccc43)ccc2)cccc1-c1ccccn1. The molecule has 37 heavy (non-hydrogen) atoms. The van der Waals surface area contributed by atoms with Crippen molar-refractivity contribution in [2.24, 2.45) is 0 Å². The standard InChI is InChI=1S/C32H18N2OS.Pt/c1-2-12-26-21(7-1)14-15-27-28-16-18-34-30(32(28)36-31(26)27)23-9-6-11-25(20-23)35-24-10-5-8-22(19-24)29-13-3-4-17-33-29;/h1-18H;/q-2;+2. The molecule has 0 radical (unpaired) electrons. The fraction of sp³-hybridized carbons (Fsp3) is 0. The van der Waals surface area contributed by atoms with E-state index in [4.69, 9.17) is 9.72 Å². The van der Waals surface area contributed by atoms with E-state index in [9.17, 15) is 0 Å². The molecule has 0 saturated heterocycles. The Bertz CT molecular complexity index is 1880. The molecule has 0 bridgehead atoms. The number of rotatable bonds is 4. The van der Waals surface area contributed by atoms with Gasteiger partial charge in [0.15, 0.2) is 0 Å². The number of fused-ring (bicyclic) bond motifs is 5. The summed E-state index contributed by atoms with van der Waals surface area (Å²) in [6, 6.07) is 39.3. The Balaban J connectivity index is 0.00000252. The molecular formula is C32H18N2OPtS. The Kier molecular flexibility index (Phi) is 6.29. The van der Waals surface area contributed by atoms with Crippen LogP contribution in [0, 0.1) is 12.1 Å². The van der Waals surface area contributed by atoms with Crippen molar-refractivity contribution in [1.82, 2.24) is 9.97 Å². The van der Waals surface area contributed by atoms with Crippen molar-refractivity contribution >= 4 is 42.3 Å². The van der Waals surface area contributed by atoms with Gasteiger partial charge in [-0.3, -0.25) is 0 Å². The van der Waals surface area contributed by atoms with E-state index in [0.29, 0.717) is 11.5 Å². The van der Waals surface area contributed by atoms with E-state index in [1.165, 1.54) is 26.2 Å². The summed E-state index contributed by atoms with van der Waals surface area (Å²) >= 11 is 1.79. The third kappa shape index (κ3) is 4.33. The van der Waals surface area contributed by atoms with Crippen LogP contribution < -0.4 is 4.74 Å². The molecule has 3 aromatic heterocycles. The number of ether oxygens (including phenoxy) is 1. The van der Waals surface area contributed by atoms with E-state index in [0.717, 1.165) is 27.2 Å². The average molecular weight is 674 g/mol. The number of benzene rings is 4. The first kappa shape index (κ1) is 23.5. The van der Waals surface area contributed by atoms with E-state index < -0.39 is 0 Å². The van der Waals surface area contributed by atoms with E-state index in [2.05, 4.69) is 59.6 Å². The van der Waals surface area contributed by atoms with Gasteiger partial charge in [-0.1, -0.05) is 60.7 Å². The third-order valence-electron chi connectivity index (χ3n) is 6.23. The number of aromatic nitrogens is 2. The van der Waals surface area contributed by atoms with Gasteiger partial charge >= 0.3 is 21.1 Å². The van der Waals surface area contributed by atoms with E-state index in [-0.39, 0.29) is 21.1 Å². The summed E-state index contributed by atoms with van der Waals surface area (Å²) in [4.78, 5) is 9.18. The van der Waals surface area contributed by atoms with Gasteiger partial charge in [-0.15, -0.1) is 58.9 Å². The van der Waals surface area contributed by atoms with Crippen molar-refractivity contribution in [3.05, 3.63) is 122 Å². The molecule has 0 atom stereocenters. The second-order valence-corrected chi connectivity index (χ2v) is 9.50. The maximum Gasteiger partial charge on any atom is 2.00 e. The van der Waals surface area contributed by atoms with Crippen molar-refractivity contribution in [3.63, 3.8) is 0 Å². The van der Waals surface area contributed by atoms with Gasteiger partial charge in [0.25, 0.3) is 0 Å². The largest absolute Gasteiger partial charge is 2.00 e. The Morgan fingerprint density at radius 2 is 1.32 bits per heavy atom. The first-order valence-corrected chi connectivity index (χ1v) is 12.5. The molecule has 0 fully saturated rings. The molecule has 7 aromatic rings. The minimum atomic E-state index is 0. The maximum absolute atomic E-state index is 6.17. The predicted molar refractivity (Wildman–Crippen MR) is 147 cm³/mol. The molecule has 0 N–H and O–H groups in total. The van der Waals surface area contributed by atoms with Gasteiger partial charge in [-0.25, -0.2) is 0 Å². The molecule has 3 nitrogen and oxygen atoms in total. The molecule has 0 aliphatic carbocycles. The molecule has 0 aliphatic heterocycles. The number of nitrogens with zero attached hydrogens (tertiary/aromatic N) is 2. The van der Waals surface area contributed by atoms with Crippen molar-refractivity contribution in [3.8, 4) is 34.0 Å². The van der Waals surface area contributed by atoms with Crippen LogP contribution in [-0.2, 0) is 21.1 Å². The topological polar surface area (TPSA) is 35.0 Å². The zero-order chi connectivity index (χ0) is 23.9. The number of pyridine rings is 2. The Morgan fingerprint density at radius 1 is 0.568 bits per heavy atom. The fourth-order valence-corrected chi connectivity index (χ4v) is 5.90. The summed E-state index contributed by atoms with van der Waals surface area (Å²) in [5.41, 5.74) is 3.55. The molecule has 0 aliphatic rings. The quantitative estimate of drug-likeness (QED) is 0.175. The zero-order valence-corrected chi connectivity index (χ0v) is 22.5. The summed E-state index contributed by atoms with van der Waals surface area (Å²) in [6.07, 6.45) is 3.66. The Labute approximate surface area is 232 Å². The molecule has 0 saturated carbocycles. The van der Waals surface area contributed by atoms with Gasteiger partial charge in [-0.2, -0.15) is 0 Å². The minimum absolute atomic E-state index is 0. The number of hydrogen-bond donors (Lipinski definition) is 0. The Morgan fingerprint density at radius 3 is 2.16 bits per heavy atom. The van der Waals surface area contributed by atoms with Crippen LogP contribution in [0.5, 0.6) is 11.5 Å². The van der Waals surface area contributed by atoms with Crippen LogP contribution >= 0.6 is 11.3 Å². The first-order valence-electron chi connectivity index (χ1n) is 11.7. The summed E-state index contributed by atoms with van der Waals surface area (Å²) in [5.74, 6) is 1.23. The monoisotopic (exact) mass is 673 g/mol. The molecule has 5 heteroatoms. The van der Waals surface area contributed by atoms with Crippen molar-refractivity contribution in [1.29, 1.82) is 0 Å². The Hall–Kier alpha value is -3.85. The van der Waals surface area contributed by atoms with E-state index >= 15 is 0 Å². The van der Waals surface area contributed by atoms with Crippen LogP contribution in [0.15, 0.2) is 109 Å². The van der Waals surface area contributed by atoms with Crippen molar-refractivity contribution in [2.75, 3.05) is 0 Å². The molecule has 7 rings (SSSR count). The van der Waals surface area contributed by atoms with Crippen LogP contribution in [0.3, 0.4) is 0 Å². The van der Waals surface area contributed by atoms with Crippen LogP contribution in [0.4, 0.5) is 0 Å². The number of thiophene rings is 1. The van der Waals surface area contributed by atoms with Crippen LogP contribution in [0.2, 0.25) is 0 Å². The molecule has 0 amide bonds. The van der Waals surface area contributed by atoms with Crippen molar-refractivity contribution < 1.29 is 25.8 Å². The summed E-state index contributed by atoms with van der Waals surface area (Å²) < 4.78 is 8.60. The third-order valence-corrected chi connectivity index (χ3v) is 7.49. The predicted octanol–water partition coefficient (Wildman–Crippen LogP) is 8.72. The van der Waals surface area contributed by atoms with Gasteiger partial charge < -0.3 is 14.7 Å². The molecule has 178 valence electrons. The second-order valence-electron chi connectivity index (χ2n) is 8.48. The zero-order valence-electron chi connectivity index (χ0n) is 19.4. The molecular weight excluding hydrogens is 656 g/mol. The van der Waals surface area contributed by atoms with Gasteiger partial charge in [0, 0.05) is 44.4 Å². The van der Waals surface area contributed by atoms with Crippen LogP contribution in [-0.4, -0.2) is 9.97 Å². The van der Waals surface area contributed by atoms with Gasteiger partial charge in [-0.05, 0) is 34.0 Å². The molecule has 0 unspecified atom stereocenters. The van der Waals surface area contributed by atoms with Crippen LogP contribution in [0.1, 0.15) is 0 Å². The maximum atomic E-state index is 6.17. The minimum Gasteiger partial charge on any atom is -0.497 e. The van der Waals surface area contributed by atoms with Gasteiger partial charge in [0.1, 0.15) is 0 Å². The van der Waals surface area contributed by atoms with E-state index in [1.54, 1.807) is 17.5 Å².